The van der Waals surface area contributed by atoms with Gasteiger partial charge in [-0.25, -0.2) is 14.1 Å². The molecule has 2 heterocycles. The van der Waals surface area contributed by atoms with Crippen molar-refractivity contribution >= 4 is 17.6 Å². The van der Waals surface area contributed by atoms with E-state index in [0.717, 1.165) is 4.90 Å². The third kappa shape index (κ3) is 2.78. The number of rotatable bonds is 2. The standard InChI is InChI=1S/C17H22FN3O3/c1-16(2)12-4-3-11(18)9-13(12)21(14(16)22)15(23)20-10-17(24)5-7-19-8-6-17/h3-4,9,19,24H,5-8,10H2,1-2H3,(H,20,23). The predicted molar refractivity (Wildman–Crippen MR) is 87.4 cm³/mol. The van der Waals surface area contributed by atoms with Gasteiger partial charge in [0.1, 0.15) is 5.82 Å². The van der Waals surface area contributed by atoms with Crippen LogP contribution in [0.25, 0.3) is 0 Å². The SMILES string of the molecule is CC1(C)C(=O)N(C(=O)NCC2(O)CCNCC2)c2cc(F)ccc21. The van der Waals surface area contributed by atoms with Crippen LogP contribution in [-0.2, 0) is 10.2 Å². The first-order valence-corrected chi connectivity index (χ1v) is 8.10. The van der Waals surface area contributed by atoms with Crippen molar-refractivity contribution in [3.05, 3.63) is 29.6 Å². The van der Waals surface area contributed by atoms with Gasteiger partial charge in [-0.3, -0.25) is 4.79 Å². The quantitative estimate of drug-likeness (QED) is 0.760. The van der Waals surface area contributed by atoms with Gasteiger partial charge < -0.3 is 15.7 Å². The number of piperidine rings is 1. The van der Waals surface area contributed by atoms with E-state index < -0.39 is 28.8 Å². The number of nitrogens with zero attached hydrogens (tertiary/aromatic N) is 1. The molecule has 0 unspecified atom stereocenters. The molecule has 1 aromatic rings. The topological polar surface area (TPSA) is 81.7 Å². The van der Waals surface area contributed by atoms with Crippen molar-refractivity contribution < 1.29 is 19.1 Å². The van der Waals surface area contributed by atoms with E-state index in [4.69, 9.17) is 0 Å². The second kappa shape index (κ2) is 5.82. The third-order valence-corrected chi connectivity index (χ3v) is 4.92. The van der Waals surface area contributed by atoms with E-state index in [9.17, 15) is 19.1 Å². The normalized spacial score (nSPS) is 21.5. The molecule has 24 heavy (non-hydrogen) atoms. The first-order valence-electron chi connectivity index (χ1n) is 8.10. The Morgan fingerprint density at radius 1 is 1.38 bits per heavy atom. The molecule has 0 bridgehead atoms. The van der Waals surface area contributed by atoms with E-state index in [1.54, 1.807) is 13.8 Å². The minimum absolute atomic E-state index is 0.0579. The summed E-state index contributed by atoms with van der Waals surface area (Å²) in [6.45, 7) is 4.83. The lowest BCUT2D eigenvalue weighted by Gasteiger charge is -2.33. The van der Waals surface area contributed by atoms with Crippen LogP contribution in [0.3, 0.4) is 0 Å². The average molecular weight is 335 g/mol. The van der Waals surface area contributed by atoms with Crippen molar-refractivity contribution in [3.63, 3.8) is 0 Å². The van der Waals surface area contributed by atoms with Crippen LogP contribution >= 0.6 is 0 Å². The molecule has 0 aliphatic carbocycles. The molecule has 130 valence electrons. The molecule has 2 aliphatic rings. The Balaban J connectivity index is 1.80. The Bertz CT molecular complexity index is 684. The molecule has 0 saturated carbocycles. The van der Waals surface area contributed by atoms with Gasteiger partial charge in [-0.05, 0) is 57.5 Å². The third-order valence-electron chi connectivity index (χ3n) is 4.92. The number of amides is 3. The molecule has 7 heteroatoms. The maximum absolute atomic E-state index is 13.6. The van der Waals surface area contributed by atoms with Crippen molar-refractivity contribution in [2.45, 2.75) is 37.7 Å². The van der Waals surface area contributed by atoms with Crippen LogP contribution in [0.1, 0.15) is 32.3 Å². The highest BCUT2D eigenvalue weighted by molar-refractivity contribution is 6.22. The summed E-state index contributed by atoms with van der Waals surface area (Å²) in [5.74, 6) is -0.910. The second-order valence-corrected chi connectivity index (χ2v) is 7.06. The maximum atomic E-state index is 13.6. The Kier molecular flexibility index (Phi) is 4.09. The minimum Gasteiger partial charge on any atom is -0.388 e. The highest BCUT2D eigenvalue weighted by Crippen LogP contribution is 2.41. The second-order valence-electron chi connectivity index (χ2n) is 7.06. The Morgan fingerprint density at radius 3 is 2.71 bits per heavy atom. The molecule has 0 spiro atoms. The van der Waals surface area contributed by atoms with Crippen LogP contribution in [0.5, 0.6) is 0 Å². The van der Waals surface area contributed by atoms with E-state index >= 15 is 0 Å². The van der Waals surface area contributed by atoms with Gasteiger partial charge in [0.05, 0.1) is 16.7 Å². The summed E-state index contributed by atoms with van der Waals surface area (Å²) in [5, 5.41) is 16.2. The summed E-state index contributed by atoms with van der Waals surface area (Å²) >= 11 is 0. The number of urea groups is 1. The van der Waals surface area contributed by atoms with E-state index in [1.807, 2.05) is 0 Å². The van der Waals surface area contributed by atoms with Crippen molar-refractivity contribution in [2.24, 2.45) is 0 Å². The summed E-state index contributed by atoms with van der Waals surface area (Å²) in [6.07, 6.45) is 1.05. The smallest absolute Gasteiger partial charge is 0.328 e. The van der Waals surface area contributed by atoms with Gasteiger partial charge >= 0.3 is 6.03 Å². The number of aliphatic hydroxyl groups is 1. The number of hydrogen-bond acceptors (Lipinski definition) is 4. The molecule has 0 atom stereocenters. The van der Waals surface area contributed by atoms with Gasteiger partial charge in [0.2, 0.25) is 5.91 Å². The Labute approximate surface area is 140 Å². The number of imide groups is 1. The number of halogens is 1. The van der Waals surface area contributed by atoms with Crippen LogP contribution in [0, 0.1) is 5.82 Å². The van der Waals surface area contributed by atoms with Gasteiger partial charge in [0.25, 0.3) is 0 Å². The van der Waals surface area contributed by atoms with Crippen LogP contribution in [0.4, 0.5) is 14.9 Å². The molecular weight excluding hydrogens is 313 g/mol. The van der Waals surface area contributed by atoms with Crippen molar-refractivity contribution in [1.29, 1.82) is 0 Å². The van der Waals surface area contributed by atoms with E-state index in [0.29, 0.717) is 31.5 Å². The Morgan fingerprint density at radius 2 is 2.04 bits per heavy atom. The summed E-state index contributed by atoms with van der Waals surface area (Å²) < 4.78 is 13.6. The number of hydrogen-bond donors (Lipinski definition) is 3. The molecule has 1 fully saturated rings. The summed E-state index contributed by atoms with van der Waals surface area (Å²) in [7, 11) is 0. The number of benzene rings is 1. The molecule has 3 rings (SSSR count). The number of carbonyl (C=O) groups excluding carboxylic acids is 2. The van der Waals surface area contributed by atoms with Gasteiger partial charge in [0, 0.05) is 6.54 Å². The number of fused-ring (bicyclic) bond motifs is 1. The van der Waals surface area contributed by atoms with Crippen LogP contribution < -0.4 is 15.5 Å². The fraction of sp³-hybridized carbons (Fsp3) is 0.529. The zero-order valence-corrected chi connectivity index (χ0v) is 13.9. The van der Waals surface area contributed by atoms with Gasteiger partial charge in [-0.15, -0.1) is 0 Å². The lowest BCUT2D eigenvalue weighted by atomic mass is 9.86. The van der Waals surface area contributed by atoms with Crippen molar-refractivity contribution in [3.8, 4) is 0 Å². The first-order chi connectivity index (χ1) is 11.2. The lowest BCUT2D eigenvalue weighted by molar-refractivity contribution is -0.121. The van der Waals surface area contributed by atoms with Gasteiger partial charge in [-0.2, -0.15) is 0 Å². The summed E-state index contributed by atoms with van der Waals surface area (Å²) in [5.41, 5.74) is -1.000. The lowest BCUT2D eigenvalue weighted by Crippen LogP contribution is -2.53. The molecule has 1 saturated heterocycles. The fourth-order valence-corrected chi connectivity index (χ4v) is 3.31. The van der Waals surface area contributed by atoms with E-state index in [-0.39, 0.29) is 12.2 Å². The average Bonchev–Trinajstić information content (AvgIpc) is 2.72. The van der Waals surface area contributed by atoms with Gasteiger partial charge in [0.15, 0.2) is 0 Å². The van der Waals surface area contributed by atoms with E-state index in [1.165, 1.54) is 18.2 Å². The number of carbonyl (C=O) groups is 2. The van der Waals surface area contributed by atoms with E-state index in [2.05, 4.69) is 10.6 Å². The molecule has 3 N–H and O–H groups in total. The molecule has 3 amide bonds. The van der Waals surface area contributed by atoms with Crippen LogP contribution in [0.15, 0.2) is 18.2 Å². The fourth-order valence-electron chi connectivity index (χ4n) is 3.31. The Hall–Kier alpha value is -1.99. The largest absolute Gasteiger partial charge is 0.388 e. The predicted octanol–water partition coefficient (Wildman–Crippen LogP) is 1.27. The number of anilines is 1. The molecule has 1 aromatic carbocycles. The highest BCUT2D eigenvalue weighted by atomic mass is 19.1. The van der Waals surface area contributed by atoms with Crippen LogP contribution in [0.2, 0.25) is 0 Å². The number of nitrogens with one attached hydrogen (secondary N) is 2. The molecule has 0 aromatic heterocycles. The molecule has 0 radical (unpaired) electrons. The highest BCUT2D eigenvalue weighted by Gasteiger charge is 2.47. The molecular formula is C17H22FN3O3. The summed E-state index contributed by atoms with van der Waals surface area (Å²) in [4.78, 5) is 26.2. The maximum Gasteiger partial charge on any atom is 0.328 e. The van der Waals surface area contributed by atoms with Crippen molar-refractivity contribution in [2.75, 3.05) is 24.5 Å². The molecule has 6 nitrogen and oxygen atoms in total. The zero-order valence-electron chi connectivity index (χ0n) is 13.9. The summed E-state index contributed by atoms with van der Waals surface area (Å²) in [6, 6.07) is 3.38. The van der Waals surface area contributed by atoms with Gasteiger partial charge in [-0.1, -0.05) is 6.07 Å². The monoisotopic (exact) mass is 335 g/mol. The zero-order chi connectivity index (χ0) is 17.5. The van der Waals surface area contributed by atoms with Crippen molar-refractivity contribution in [1.82, 2.24) is 10.6 Å². The minimum atomic E-state index is -0.982. The van der Waals surface area contributed by atoms with Crippen LogP contribution in [-0.4, -0.2) is 42.3 Å². The molecule has 2 aliphatic heterocycles. The first kappa shape index (κ1) is 16.9.